The molecule has 0 amide bonds. The van der Waals surface area contributed by atoms with Crippen LogP contribution in [0.1, 0.15) is 45.6 Å². The van der Waals surface area contributed by atoms with Crippen molar-refractivity contribution >= 4 is 54.0 Å². The molecule has 1 aromatic rings. The maximum Gasteiger partial charge on any atom is 0.501 e. The first-order valence-electron chi connectivity index (χ1n) is 8.43. The van der Waals surface area contributed by atoms with E-state index in [0.717, 1.165) is 31.7 Å². The van der Waals surface area contributed by atoms with Crippen LogP contribution in [0.3, 0.4) is 0 Å². The van der Waals surface area contributed by atoms with Crippen molar-refractivity contribution in [3.05, 3.63) is 30.9 Å². The summed E-state index contributed by atoms with van der Waals surface area (Å²) < 4.78 is 21.1. The number of rotatable bonds is 12. The molecule has 0 aliphatic rings. The third-order valence-electron chi connectivity index (χ3n) is 3.32. The Balaban J connectivity index is 2.87. The molecule has 1 aromatic carbocycles. The van der Waals surface area contributed by atoms with Crippen LogP contribution in [0.25, 0.3) is 0 Å². The Morgan fingerprint density at radius 3 is 1.65 bits per heavy atom. The number of hydrogen-bond donors (Lipinski definition) is 0. The molecule has 0 heterocycles. The fourth-order valence-electron chi connectivity index (χ4n) is 2.16. The lowest BCUT2D eigenvalue weighted by molar-refractivity contribution is 0.0593. The Bertz CT molecular complexity index is 415. The maximum absolute atomic E-state index is 6.17. The minimum Gasteiger partial charge on any atom is -0.373 e. The zero-order chi connectivity index (χ0) is 17.1. The first-order valence-corrected chi connectivity index (χ1v) is 12.5. The zero-order valence-corrected chi connectivity index (χ0v) is 19.7. The Morgan fingerprint density at radius 1 is 0.826 bits per heavy atom. The summed E-state index contributed by atoms with van der Waals surface area (Å²) in [6.45, 7) is 8.51. The average molecular weight is 562 g/mol. The predicted molar refractivity (Wildman–Crippen MR) is 115 cm³/mol. The molecule has 0 aliphatic heterocycles. The van der Waals surface area contributed by atoms with Gasteiger partial charge in [-0.05, 0) is 88.6 Å². The summed E-state index contributed by atoms with van der Waals surface area (Å²) in [6.07, 6.45) is 3.90. The van der Waals surface area contributed by atoms with Crippen LogP contribution in [-0.2, 0) is 19.7 Å². The molecule has 23 heavy (non-hydrogen) atoms. The number of halogens is 2. The smallest absolute Gasteiger partial charge is 0.373 e. The lowest BCUT2D eigenvalue weighted by Gasteiger charge is -2.30. The molecule has 0 spiro atoms. The lowest BCUT2D eigenvalue weighted by atomic mass is 10.2. The summed E-state index contributed by atoms with van der Waals surface area (Å²) in [7, 11) is -2.59. The fourth-order valence-corrected chi connectivity index (χ4v) is 7.00. The second kappa shape index (κ2) is 12.2. The van der Waals surface area contributed by atoms with Crippen LogP contribution in [-0.4, -0.2) is 28.6 Å². The molecule has 0 radical (unpaired) electrons. The van der Waals surface area contributed by atoms with Gasteiger partial charge in [-0.2, -0.15) is 0 Å². The van der Waals surface area contributed by atoms with E-state index in [1.165, 1.54) is 12.7 Å². The van der Waals surface area contributed by atoms with Gasteiger partial charge in [0, 0.05) is 33.0 Å². The van der Waals surface area contributed by atoms with Gasteiger partial charge in [0.2, 0.25) is 0 Å². The fraction of sp³-hybridized carbons (Fsp3) is 0.647. The second-order valence-corrected chi connectivity index (χ2v) is 10.5. The van der Waals surface area contributed by atoms with Crippen LogP contribution in [0.2, 0.25) is 6.04 Å². The van der Waals surface area contributed by atoms with E-state index >= 15 is 0 Å². The normalized spacial score (nSPS) is 11.9. The van der Waals surface area contributed by atoms with Gasteiger partial charge in [-0.3, -0.25) is 0 Å². The first kappa shape index (κ1) is 21.8. The quantitative estimate of drug-likeness (QED) is 0.243. The molecule has 0 unspecified atom stereocenters. The topological polar surface area (TPSA) is 27.7 Å². The SMILES string of the molecule is CCCO[Si](CCc1c(I)cccc1I)(OCCC)OCCC. The molecule has 0 fully saturated rings. The molecule has 0 aliphatic carbocycles. The van der Waals surface area contributed by atoms with Crippen LogP contribution in [0.5, 0.6) is 0 Å². The standard InChI is InChI=1S/C17H28I2O3Si/c1-4-11-20-23(21-12-5-2,22-13-6-3)14-10-15-16(18)8-7-9-17(15)19/h7-9H,4-6,10-14H2,1-3H3. The van der Waals surface area contributed by atoms with Gasteiger partial charge in [-0.25, -0.2) is 0 Å². The van der Waals surface area contributed by atoms with Gasteiger partial charge in [0.1, 0.15) is 0 Å². The average Bonchev–Trinajstić information content (AvgIpc) is 2.55. The minimum absolute atomic E-state index is 0.711. The highest BCUT2D eigenvalue weighted by Crippen LogP contribution is 2.25. The Hall–Kier alpha value is 0.777. The lowest BCUT2D eigenvalue weighted by Crippen LogP contribution is -2.47. The van der Waals surface area contributed by atoms with E-state index in [4.69, 9.17) is 13.3 Å². The third-order valence-corrected chi connectivity index (χ3v) is 8.14. The van der Waals surface area contributed by atoms with Gasteiger partial charge in [0.25, 0.3) is 0 Å². The summed E-state index contributed by atoms with van der Waals surface area (Å²) in [5.41, 5.74) is 1.38. The maximum atomic E-state index is 6.17. The molecule has 0 N–H and O–H groups in total. The predicted octanol–water partition coefficient (Wildman–Crippen LogP) is 5.66. The Morgan fingerprint density at radius 2 is 1.26 bits per heavy atom. The molecule has 1 rings (SSSR count). The third kappa shape index (κ3) is 7.68. The highest BCUT2D eigenvalue weighted by molar-refractivity contribution is 14.1. The molecule has 132 valence electrons. The van der Waals surface area contributed by atoms with E-state index in [1.807, 2.05) is 0 Å². The van der Waals surface area contributed by atoms with Gasteiger partial charge >= 0.3 is 8.80 Å². The second-order valence-electron chi connectivity index (χ2n) is 5.43. The summed E-state index contributed by atoms with van der Waals surface area (Å²) >= 11 is 4.82. The summed E-state index contributed by atoms with van der Waals surface area (Å²) in [5, 5.41) is 0. The minimum atomic E-state index is -2.59. The molecule has 0 saturated carbocycles. The molecular formula is C17H28I2O3Si. The summed E-state index contributed by atoms with van der Waals surface area (Å²) in [4.78, 5) is 0. The van der Waals surface area contributed by atoms with Gasteiger partial charge in [-0.15, -0.1) is 0 Å². The highest BCUT2D eigenvalue weighted by Gasteiger charge is 2.40. The van der Waals surface area contributed by atoms with Crippen molar-refractivity contribution in [1.82, 2.24) is 0 Å². The van der Waals surface area contributed by atoms with E-state index in [1.54, 1.807) is 0 Å². The molecule has 3 nitrogen and oxygen atoms in total. The van der Waals surface area contributed by atoms with E-state index in [-0.39, 0.29) is 0 Å². The van der Waals surface area contributed by atoms with Gasteiger partial charge in [0.05, 0.1) is 0 Å². The van der Waals surface area contributed by atoms with Crippen molar-refractivity contribution in [3.8, 4) is 0 Å². The van der Waals surface area contributed by atoms with Crippen LogP contribution in [0.4, 0.5) is 0 Å². The number of hydrogen-bond acceptors (Lipinski definition) is 3. The Kier molecular flexibility index (Phi) is 11.6. The van der Waals surface area contributed by atoms with E-state index in [2.05, 4.69) is 84.2 Å². The van der Waals surface area contributed by atoms with E-state index in [9.17, 15) is 0 Å². The van der Waals surface area contributed by atoms with Gasteiger partial charge in [-0.1, -0.05) is 26.8 Å². The van der Waals surface area contributed by atoms with Crippen molar-refractivity contribution in [3.63, 3.8) is 0 Å². The number of benzene rings is 1. The highest BCUT2D eigenvalue weighted by atomic mass is 127. The first-order chi connectivity index (χ1) is 11.1. The van der Waals surface area contributed by atoms with Crippen molar-refractivity contribution in [2.75, 3.05) is 19.8 Å². The van der Waals surface area contributed by atoms with Crippen molar-refractivity contribution in [2.45, 2.75) is 52.5 Å². The van der Waals surface area contributed by atoms with E-state index in [0.29, 0.717) is 19.8 Å². The van der Waals surface area contributed by atoms with Crippen LogP contribution < -0.4 is 0 Å². The Labute approximate surface area is 169 Å². The molecule has 0 aromatic heterocycles. The molecule has 6 heteroatoms. The van der Waals surface area contributed by atoms with Gasteiger partial charge in [0.15, 0.2) is 0 Å². The van der Waals surface area contributed by atoms with Crippen molar-refractivity contribution < 1.29 is 13.3 Å². The molecule has 0 bridgehead atoms. The van der Waals surface area contributed by atoms with E-state index < -0.39 is 8.80 Å². The largest absolute Gasteiger partial charge is 0.501 e. The van der Waals surface area contributed by atoms with Crippen LogP contribution >= 0.6 is 45.2 Å². The molecular weight excluding hydrogens is 534 g/mol. The van der Waals surface area contributed by atoms with Crippen LogP contribution in [0, 0.1) is 7.14 Å². The zero-order valence-electron chi connectivity index (χ0n) is 14.4. The van der Waals surface area contributed by atoms with Gasteiger partial charge < -0.3 is 13.3 Å². The van der Waals surface area contributed by atoms with Crippen molar-refractivity contribution in [1.29, 1.82) is 0 Å². The molecule has 0 atom stereocenters. The summed E-state index contributed by atoms with van der Waals surface area (Å²) in [6, 6.07) is 7.28. The monoisotopic (exact) mass is 562 g/mol. The summed E-state index contributed by atoms with van der Waals surface area (Å²) in [5.74, 6) is 0. The van der Waals surface area contributed by atoms with Crippen LogP contribution in [0.15, 0.2) is 18.2 Å². The molecule has 0 saturated heterocycles. The van der Waals surface area contributed by atoms with Crippen molar-refractivity contribution in [2.24, 2.45) is 0 Å².